The van der Waals surface area contributed by atoms with Crippen LogP contribution in [-0.2, 0) is 11.3 Å². The van der Waals surface area contributed by atoms with E-state index >= 15 is 0 Å². The van der Waals surface area contributed by atoms with Gasteiger partial charge in [-0.25, -0.2) is 4.79 Å². The Hall–Kier alpha value is -2.09. The minimum atomic E-state index is -0.559. The van der Waals surface area contributed by atoms with Crippen molar-refractivity contribution in [1.82, 2.24) is 9.80 Å². The number of likely N-dealkylation sites (tertiary alicyclic amines) is 1. The summed E-state index contributed by atoms with van der Waals surface area (Å²) in [5.41, 5.74) is 6.36. The van der Waals surface area contributed by atoms with Gasteiger partial charge in [0, 0.05) is 35.2 Å². The van der Waals surface area contributed by atoms with Crippen LogP contribution in [0.5, 0.6) is 0 Å². The lowest BCUT2D eigenvalue weighted by molar-refractivity contribution is -0.0125. The molecule has 0 unspecified atom stereocenters. The molecule has 3 amide bonds. The van der Waals surface area contributed by atoms with Crippen LogP contribution >= 0.6 is 15.9 Å². The molecular weight excluding hydrogens is 390 g/mol. The third-order valence-corrected chi connectivity index (χ3v) is 4.71. The molecule has 2 N–H and O–H groups in total. The molecule has 3 rings (SSSR count). The second-order valence-corrected chi connectivity index (χ2v) is 8.23. The Balaban J connectivity index is 1.71. The van der Waals surface area contributed by atoms with Crippen LogP contribution < -0.4 is 5.73 Å². The van der Waals surface area contributed by atoms with Crippen molar-refractivity contribution in [3.8, 4) is 0 Å². The Labute approximate surface area is 154 Å². The van der Waals surface area contributed by atoms with Crippen molar-refractivity contribution < 1.29 is 19.1 Å². The van der Waals surface area contributed by atoms with Crippen molar-refractivity contribution >= 4 is 33.8 Å². The van der Waals surface area contributed by atoms with Gasteiger partial charge in [-0.05, 0) is 38.5 Å². The van der Waals surface area contributed by atoms with E-state index in [4.69, 9.17) is 10.5 Å². The minimum absolute atomic E-state index is 0.0908. The first kappa shape index (κ1) is 17.7. The molecule has 0 saturated carbocycles. The predicted molar refractivity (Wildman–Crippen MR) is 94.1 cm³/mol. The maximum absolute atomic E-state index is 12.7. The number of nitrogens with zero attached hydrogens (tertiary/aromatic N) is 2. The van der Waals surface area contributed by atoms with Gasteiger partial charge in [0.1, 0.15) is 5.60 Å². The maximum atomic E-state index is 12.7. The summed E-state index contributed by atoms with van der Waals surface area (Å²) in [4.78, 5) is 39.6. The number of nitrogens with two attached hydrogens (primary N) is 1. The van der Waals surface area contributed by atoms with Crippen molar-refractivity contribution in [3.63, 3.8) is 0 Å². The lowest BCUT2D eigenvalue weighted by Crippen LogP contribution is -2.61. The summed E-state index contributed by atoms with van der Waals surface area (Å²) in [6.07, 6.45) is -0.381. The molecule has 2 aliphatic heterocycles. The number of hydrogen-bond donors (Lipinski definition) is 1. The van der Waals surface area contributed by atoms with Gasteiger partial charge in [-0.1, -0.05) is 15.9 Å². The van der Waals surface area contributed by atoms with Crippen LogP contribution in [-0.4, -0.2) is 52.4 Å². The van der Waals surface area contributed by atoms with Crippen LogP contribution in [0, 0.1) is 0 Å². The SMILES string of the molecule is CC(C)(C)OC(=O)N1CC(N2Cc3c(C(N)=O)cc(Br)cc3C2=O)C1. The van der Waals surface area contributed by atoms with Crippen LogP contribution in [0.1, 0.15) is 47.1 Å². The molecule has 8 heteroatoms. The molecular formula is C17H20BrN3O4. The van der Waals surface area contributed by atoms with Gasteiger partial charge >= 0.3 is 6.09 Å². The number of hydrogen-bond acceptors (Lipinski definition) is 4. The van der Waals surface area contributed by atoms with Crippen molar-refractivity contribution in [2.45, 2.75) is 39.0 Å². The number of carbonyl (C=O) groups is 3. The number of fused-ring (bicyclic) bond motifs is 1. The van der Waals surface area contributed by atoms with Crippen LogP contribution in [0.3, 0.4) is 0 Å². The molecule has 7 nitrogen and oxygen atoms in total. The van der Waals surface area contributed by atoms with Crippen molar-refractivity contribution in [3.05, 3.63) is 33.3 Å². The fourth-order valence-corrected chi connectivity index (χ4v) is 3.50. The summed E-state index contributed by atoms with van der Waals surface area (Å²) in [7, 11) is 0. The molecule has 0 atom stereocenters. The van der Waals surface area contributed by atoms with Crippen LogP contribution in [0.25, 0.3) is 0 Å². The summed E-state index contributed by atoms with van der Waals surface area (Å²) < 4.78 is 5.96. The monoisotopic (exact) mass is 409 g/mol. The highest BCUT2D eigenvalue weighted by atomic mass is 79.9. The van der Waals surface area contributed by atoms with Crippen molar-refractivity contribution in [2.75, 3.05) is 13.1 Å². The fourth-order valence-electron chi connectivity index (χ4n) is 3.04. The lowest BCUT2D eigenvalue weighted by Gasteiger charge is -2.43. The summed E-state index contributed by atoms with van der Waals surface area (Å²) in [6.45, 7) is 6.60. The molecule has 0 radical (unpaired) electrons. The number of primary amides is 1. The Bertz CT molecular complexity index is 766. The molecule has 0 aliphatic carbocycles. The highest BCUT2D eigenvalue weighted by Gasteiger charge is 2.43. The van der Waals surface area contributed by atoms with Crippen molar-refractivity contribution in [1.29, 1.82) is 0 Å². The van der Waals surface area contributed by atoms with Crippen LogP contribution in [0.2, 0.25) is 0 Å². The number of amides is 3. The number of benzene rings is 1. The van der Waals surface area contributed by atoms with Gasteiger partial charge in [-0.3, -0.25) is 9.59 Å². The van der Waals surface area contributed by atoms with E-state index in [1.807, 2.05) is 20.8 Å². The van der Waals surface area contributed by atoms with E-state index in [-0.39, 0.29) is 18.0 Å². The van der Waals surface area contributed by atoms with Crippen LogP contribution in [0.15, 0.2) is 16.6 Å². The molecule has 0 aromatic heterocycles. The zero-order valence-electron chi connectivity index (χ0n) is 14.3. The molecule has 1 saturated heterocycles. The zero-order chi connectivity index (χ0) is 18.5. The Morgan fingerprint density at radius 3 is 2.48 bits per heavy atom. The molecule has 1 aromatic carbocycles. The summed E-state index contributed by atoms with van der Waals surface area (Å²) in [5.74, 6) is -0.705. The first-order valence-corrected chi connectivity index (χ1v) is 8.77. The van der Waals surface area contributed by atoms with Crippen LogP contribution in [0.4, 0.5) is 4.79 Å². The van der Waals surface area contributed by atoms with E-state index < -0.39 is 11.5 Å². The number of halogens is 1. The number of rotatable bonds is 2. The average Bonchev–Trinajstić information content (AvgIpc) is 2.72. The molecule has 0 spiro atoms. The van der Waals surface area contributed by atoms with Crippen molar-refractivity contribution in [2.24, 2.45) is 5.73 Å². The zero-order valence-corrected chi connectivity index (χ0v) is 15.9. The van der Waals surface area contributed by atoms with E-state index in [1.165, 1.54) is 0 Å². The van der Waals surface area contributed by atoms with Gasteiger partial charge in [0.2, 0.25) is 5.91 Å². The highest BCUT2D eigenvalue weighted by Crippen LogP contribution is 2.33. The number of carbonyl (C=O) groups excluding carboxylic acids is 3. The summed E-state index contributed by atoms with van der Waals surface area (Å²) in [5, 5.41) is 0. The van der Waals surface area contributed by atoms with Gasteiger partial charge in [-0.2, -0.15) is 0 Å². The van der Waals surface area contributed by atoms with E-state index in [2.05, 4.69) is 15.9 Å². The van der Waals surface area contributed by atoms with Gasteiger partial charge in [0.25, 0.3) is 5.91 Å². The third-order valence-electron chi connectivity index (χ3n) is 4.25. The first-order chi connectivity index (χ1) is 11.6. The lowest BCUT2D eigenvalue weighted by atomic mass is 10.0. The first-order valence-electron chi connectivity index (χ1n) is 7.98. The molecule has 2 aliphatic rings. The normalized spacial score (nSPS) is 17.4. The van der Waals surface area contributed by atoms with Gasteiger partial charge in [-0.15, -0.1) is 0 Å². The van der Waals surface area contributed by atoms with Gasteiger partial charge in [0.05, 0.1) is 6.04 Å². The van der Waals surface area contributed by atoms with Gasteiger partial charge in [0.15, 0.2) is 0 Å². The molecule has 134 valence electrons. The van der Waals surface area contributed by atoms with E-state index in [1.54, 1.807) is 21.9 Å². The molecule has 2 heterocycles. The van der Waals surface area contributed by atoms with E-state index in [0.29, 0.717) is 40.8 Å². The fraction of sp³-hybridized carbons (Fsp3) is 0.471. The molecule has 1 aromatic rings. The smallest absolute Gasteiger partial charge is 0.410 e. The second-order valence-electron chi connectivity index (χ2n) is 7.32. The Morgan fingerprint density at radius 2 is 1.92 bits per heavy atom. The second kappa shape index (κ2) is 6.01. The van der Waals surface area contributed by atoms with Gasteiger partial charge < -0.3 is 20.3 Å². The average molecular weight is 410 g/mol. The Morgan fingerprint density at radius 1 is 1.28 bits per heavy atom. The maximum Gasteiger partial charge on any atom is 0.410 e. The predicted octanol–water partition coefficient (Wildman–Crippen LogP) is 2.12. The quantitative estimate of drug-likeness (QED) is 0.809. The van der Waals surface area contributed by atoms with E-state index in [0.717, 1.165) is 0 Å². The highest BCUT2D eigenvalue weighted by molar-refractivity contribution is 9.10. The molecule has 0 bridgehead atoms. The number of ether oxygens (including phenoxy) is 1. The summed E-state index contributed by atoms with van der Waals surface area (Å²) in [6, 6.07) is 3.24. The Kier molecular flexibility index (Phi) is 4.26. The summed E-state index contributed by atoms with van der Waals surface area (Å²) >= 11 is 3.31. The molecule has 25 heavy (non-hydrogen) atoms. The van der Waals surface area contributed by atoms with E-state index in [9.17, 15) is 14.4 Å². The minimum Gasteiger partial charge on any atom is -0.444 e. The largest absolute Gasteiger partial charge is 0.444 e. The standard InChI is InChI=1S/C17H20BrN3O4/c1-17(2,3)25-16(24)20-6-10(7-20)21-8-13-11(14(19)22)4-9(18)5-12(13)15(21)23/h4-5,10H,6-8H2,1-3H3,(H2,19,22). The topological polar surface area (TPSA) is 92.9 Å². The molecule has 1 fully saturated rings. The third kappa shape index (κ3) is 3.35.